The third-order valence-electron chi connectivity index (χ3n) is 3.96. The molecule has 1 amide bonds. The lowest BCUT2D eigenvalue weighted by atomic mass is 10.0. The van der Waals surface area contributed by atoms with E-state index in [0.29, 0.717) is 12.0 Å². The molecule has 0 bridgehead atoms. The minimum Gasteiger partial charge on any atom is -0.480 e. The molecule has 122 valence electrons. The average Bonchev–Trinajstić information content (AvgIpc) is 2.56. The van der Waals surface area contributed by atoms with E-state index in [-0.39, 0.29) is 5.91 Å². The van der Waals surface area contributed by atoms with Gasteiger partial charge in [0.15, 0.2) is 0 Å². The van der Waals surface area contributed by atoms with Crippen LogP contribution in [0.1, 0.15) is 49.4 Å². The molecule has 2 rings (SSSR count). The molecule has 0 aliphatic carbocycles. The second kappa shape index (κ2) is 8.32. The van der Waals surface area contributed by atoms with Crippen LogP contribution in [0.25, 0.3) is 10.8 Å². The summed E-state index contributed by atoms with van der Waals surface area (Å²) in [4.78, 5) is 23.6. The minimum atomic E-state index is -0.976. The molecule has 0 saturated carbocycles. The number of fused-ring (bicyclic) bond motifs is 1. The molecule has 2 N–H and O–H groups in total. The van der Waals surface area contributed by atoms with Crippen molar-refractivity contribution in [2.24, 2.45) is 0 Å². The van der Waals surface area contributed by atoms with Gasteiger partial charge in [0.05, 0.1) is 0 Å². The fraction of sp³-hybridized carbons (Fsp3) is 0.368. The van der Waals surface area contributed by atoms with Gasteiger partial charge in [0.25, 0.3) is 5.91 Å². The zero-order chi connectivity index (χ0) is 16.7. The lowest BCUT2D eigenvalue weighted by Crippen LogP contribution is -2.40. The molecule has 0 radical (unpaired) electrons. The van der Waals surface area contributed by atoms with E-state index in [1.807, 2.05) is 30.3 Å². The third kappa shape index (κ3) is 4.81. The molecule has 23 heavy (non-hydrogen) atoms. The molecule has 4 nitrogen and oxygen atoms in total. The second-order valence-electron chi connectivity index (χ2n) is 5.78. The molecular weight excluding hydrogens is 290 g/mol. The number of carboxylic acid groups (broad SMARTS) is 1. The van der Waals surface area contributed by atoms with Crippen LogP contribution in [0.5, 0.6) is 0 Å². The quantitative estimate of drug-likeness (QED) is 0.724. The summed E-state index contributed by atoms with van der Waals surface area (Å²) >= 11 is 0. The van der Waals surface area contributed by atoms with Crippen LogP contribution in [-0.2, 0) is 4.79 Å². The van der Waals surface area contributed by atoms with Crippen molar-refractivity contribution in [3.8, 4) is 0 Å². The molecule has 4 heteroatoms. The molecule has 0 heterocycles. The van der Waals surface area contributed by atoms with Crippen molar-refractivity contribution in [1.82, 2.24) is 5.32 Å². The summed E-state index contributed by atoms with van der Waals surface area (Å²) in [5.41, 5.74) is 0.489. The first-order chi connectivity index (χ1) is 11.1. The SMILES string of the molecule is CCCCCC[C@H](NC(=O)c1ccc2ccccc2c1)C(=O)O. The van der Waals surface area contributed by atoms with Gasteiger partial charge >= 0.3 is 5.97 Å². The highest BCUT2D eigenvalue weighted by Crippen LogP contribution is 2.16. The van der Waals surface area contributed by atoms with Crippen LogP contribution < -0.4 is 5.32 Å². The normalized spacial score (nSPS) is 12.0. The monoisotopic (exact) mass is 313 g/mol. The van der Waals surface area contributed by atoms with Crippen LogP contribution in [0.3, 0.4) is 0 Å². The van der Waals surface area contributed by atoms with Gasteiger partial charge in [-0.3, -0.25) is 4.79 Å². The Morgan fingerprint density at radius 2 is 1.78 bits per heavy atom. The molecule has 2 aromatic carbocycles. The van der Waals surface area contributed by atoms with Crippen molar-refractivity contribution in [3.05, 3.63) is 48.0 Å². The summed E-state index contributed by atoms with van der Waals surface area (Å²) in [7, 11) is 0. The summed E-state index contributed by atoms with van der Waals surface area (Å²) in [6.07, 6.45) is 4.45. The molecule has 0 aliphatic rings. The van der Waals surface area contributed by atoms with Gasteiger partial charge in [-0.1, -0.05) is 62.9 Å². The Labute approximate surface area is 136 Å². The first kappa shape index (κ1) is 17.0. The molecule has 0 unspecified atom stereocenters. The van der Waals surface area contributed by atoms with E-state index >= 15 is 0 Å². The van der Waals surface area contributed by atoms with Crippen molar-refractivity contribution in [1.29, 1.82) is 0 Å². The molecular formula is C19H23NO3. The first-order valence-corrected chi connectivity index (χ1v) is 8.14. The van der Waals surface area contributed by atoms with E-state index in [0.717, 1.165) is 36.5 Å². The van der Waals surface area contributed by atoms with Crippen LogP contribution in [0, 0.1) is 0 Å². The van der Waals surface area contributed by atoms with Gasteiger partial charge < -0.3 is 10.4 Å². The Morgan fingerprint density at radius 1 is 1.04 bits per heavy atom. The summed E-state index contributed by atoms with van der Waals surface area (Å²) < 4.78 is 0. The summed E-state index contributed by atoms with van der Waals surface area (Å²) in [5.74, 6) is -1.31. The summed E-state index contributed by atoms with van der Waals surface area (Å²) in [6.45, 7) is 2.11. The lowest BCUT2D eigenvalue weighted by Gasteiger charge is -2.14. The summed E-state index contributed by atoms with van der Waals surface area (Å²) in [6, 6.07) is 12.3. The van der Waals surface area contributed by atoms with Crippen LogP contribution in [-0.4, -0.2) is 23.0 Å². The van der Waals surface area contributed by atoms with E-state index in [9.17, 15) is 14.7 Å². The Morgan fingerprint density at radius 3 is 2.48 bits per heavy atom. The molecule has 0 fully saturated rings. The molecule has 0 spiro atoms. The number of carbonyl (C=O) groups is 2. The van der Waals surface area contributed by atoms with Crippen molar-refractivity contribution in [2.45, 2.75) is 45.1 Å². The van der Waals surface area contributed by atoms with Crippen molar-refractivity contribution in [3.63, 3.8) is 0 Å². The predicted octanol–water partition coefficient (Wildman–Crippen LogP) is 3.99. The Bertz CT molecular complexity index is 681. The predicted molar refractivity (Wildman–Crippen MR) is 91.6 cm³/mol. The zero-order valence-electron chi connectivity index (χ0n) is 13.4. The highest BCUT2D eigenvalue weighted by molar-refractivity contribution is 6.00. The number of rotatable bonds is 8. The van der Waals surface area contributed by atoms with E-state index in [2.05, 4.69) is 12.2 Å². The van der Waals surface area contributed by atoms with Gasteiger partial charge in [0.1, 0.15) is 6.04 Å². The van der Waals surface area contributed by atoms with Crippen molar-refractivity contribution < 1.29 is 14.7 Å². The van der Waals surface area contributed by atoms with E-state index in [4.69, 9.17) is 0 Å². The molecule has 0 aromatic heterocycles. The largest absolute Gasteiger partial charge is 0.480 e. The van der Waals surface area contributed by atoms with Gasteiger partial charge in [-0.25, -0.2) is 4.79 Å². The van der Waals surface area contributed by atoms with E-state index in [1.54, 1.807) is 12.1 Å². The molecule has 0 saturated heterocycles. The average molecular weight is 313 g/mol. The van der Waals surface area contributed by atoms with Crippen LogP contribution >= 0.6 is 0 Å². The maximum Gasteiger partial charge on any atom is 0.326 e. The Kier molecular flexibility index (Phi) is 6.15. The van der Waals surface area contributed by atoms with E-state index in [1.165, 1.54) is 0 Å². The van der Waals surface area contributed by atoms with Gasteiger partial charge in [0.2, 0.25) is 0 Å². The maximum atomic E-state index is 12.3. The highest BCUT2D eigenvalue weighted by Gasteiger charge is 2.20. The highest BCUT2D eigenvalue weighted by atomic mass is 16.4. The zero-order valence-corrected chi connectivity index (χ0v) is 13.4. The van der Waals surface area contributed by atoms with Crippen LogP contribution in [0.4, 0.5) is 0 Å². The number of nitrogens with one attached hydrogen (secondary N) is 1. The standard InChI is InChI=1S/C19H23NO3/c1-2-3-4-5-10-17(19(22)23)20-18(21)16-12-11-14-8-6-7-9-15(14)13-16/h6-9,11-13,17H,2-5,10H2,1H3,(H,20,21)(H,22,23)/t17-/m0/s1. The van der Waals surface area contributed by atoms with Gasteiger partial charge in [0, 0.05) is 5.56 Å². The van der Waals surface area contributed by atoms with Gasteiger partial charge in [-0.15, -0.1) is 0 Å². The number of benzene rings is 2. The maximum absolute atomic E-state index is 12.3. The molecule has 2 aromatic rings. The van der Waals surface area contributed by atoms with E-state index < -0.39 is 12.0 Å². The number of aliphatic carboxylic acids is 1. The van der Waals surface area contributed by atoms with Gasteiger partial charge in [-0.05, 0) is 29.3 Å². The van der Waals surface area contributed by atoms with Crippen molar-refractivity contribution in [2.75, 3.05) is 0 Å². The summed E-state index contributed by atoms with van der Waals surface area (Å²) in [5, 5.41) is 13.9. The molecule has 0 aliphatic heterocycles. The smallest absolute Gasteiger partial charge is 0.326 e. The van der Waals surface area contributed by atoms with Crippen molar-refractivity contribution >= 4 is 22.6 Å². The van der Waals surface area contributed by atoms with Gasteiger partial charge in [-0.2, -0.15) is 0 Å². The topological polar surface area (TPSA) is 66.4 Å². The Hall–Kier alpha value is -2.36. The first-order valence-electron chi connectivity index (χ1n) is 8.14. The third-order valence-corrected chi connectivity index (χ3v) is 3.96. The van der Waals surface area contributed by atoms with Crippen LogP contribution in [0.2, 0.25) is 0 Å². The number of unbranched alkanes of at least 4 members (excludes halogenated alkanes) is 3. The molecule has 1 atom stereocenters. The number of hydrogen-bond acceptors (Lipinski definition) is 2. The number of carboxylic acids is 1. The second-order valence-corrected chi connectivity index (χ2v) is 5.78. The van der Waals surface area contributed by atoms with Crippen LogP contribution in [0.15, 0.2) is 42.5 Å². The number of carbonyl (C=O) groups excluding carboxylic acids is 1. The minimum absolute atomic E-state index is 0.335. The fourth-order valence-electron chi connectivity index (χ4n) is 2.60. The lowest BCUT2D eigenvalue weighted by molar-refractivity contribution is -0.139. The fourth-order valence-corrected chi connectivity index (χ4v) is 2.60. The Balaban J connectivity index is 2.03. The number of amides is 1. The number of hydrogen-bond donors (Lipinski definition) is 2.